The minimum absolute atomic E-state index is 0.0564. The summed E-state index contributed by atoms with van der Waals surface area (Å²) in [5.41, 5.74) is 4.17. The number of rotatable bonds is 4. The minimum atomic E-state index is -0.0564. The molecule has 1 fully saturated rings. The van der Waals surface area contributed by atoms with Gasteiger partial charge in [0.1, 0.15) is 0 Å². The van der Waals surface area contributed by atoms with Crippen molar-refractivity contribution in [2.24, 2.45) is 0 Å². The van der Waals surface area contributed by atoms with Crippen LogP contribution in [0.4, 0.5) is 5.69 Å². The van der Waals surface area contributed by atoms with Crippen molar-refractivity contribution in [3.05, 3.63) is 76.3 Å². The molecule has 0 aliphatic carbocycles. The van der Waals surface area contributed by atoms with Crippen molar-refractivity contribution >= 4 is 34.8 Å². The smallest absolute Gasteiger partial charge is 0.224 e. The molecule has 2 aromatic carbocycles. The van der Waals surface area contributed by atoms with E-state index in [0.717, 1.165) is 29.2 Å². The summed E-state index contributed by atoms with van der Waals surface area (Å²) in [4.78, 5) is 21.3. The molecule has 5 nitrogen and oxygen atoms in total. The second kappa shape index (κ2) is 8.70. The monoisotopic (exact) mass is 442 g/mol. The van der Waals surface area contributed by atoms with Crippen molar-refractivity contribution in [2.75, 3.05) is 24.5 Å². The second-order valence-electron chi connectivity index (χ2n) is 7.61. The van der Waals surface area contributed by atoms with Crippen LogP contribution >= 0.6 is 23.2 Å². The number of benzene rings is 2. The van der Waals surface area contributed by atoms with Crippen LogP contribution in [0.2, 0.25) is 10.0 Å². The highest BCUT2D eigenvalue weighted by Gasteiger charge is 2.26. The van der Waals surface area contributed by atoms with Crippen LogP contribution < -0.4 is 4.90 Å². The van der Waals surface area contributed by atoms with Crippen LogP contribution in [0.1, 0.15) is 30.6 Å². The van der Waals surface area contributed by atoms with Gasteiger partial charge in [0.2, 0.25) is 5.91 Å². The van der Waals surface area contributed by atoms with E-state index in [9.17, 15) is 4.79 Å². The van der Waals surface area contributed by atoms with Crippen LogP contribution in [-0.2, 0) is 4.79 Å². The van der Waals surface area contributed by atoms with E-state index in [2.05, 4.69) is 34.1 Å². The lowest BCUT2D eigenvalue weighted by atomic mass is 10.1. The minimum Gasteiger partial charge on any atom is -0.369 e. The Morgan fingerprint density at radius 2 is 1.70 bits per heavy atom. The van der Waals surface area contributed by atoms with Crippen molar-refractivity contribution in [1.29, 1.82) is 0 Å². The molecule has 156 valence electrons. The van der Waals surface area contributed by atoms with Gasteiger partial charge in [-0.25, -0.2) is 4.98 Å². The Balaban J connectivity index is 1.47. The molecule has 0 N–H and O–H groups in total. The Labute approximate surface area is 186 Å². The van der Waals surface area contributed by atoms with Crippen molar-refractivity contribution < 1.29 is 4.79 Å². The van der Waals surface area contributed by atoms with Gasteiger partial charge in [0.05, 0.1) is 28.1 Å². The zero-order chi connectivity index (χ0) is 21.3. The lowest BCUT2D eigenvalue weighted by Crippen LogP contribution is -2.35. The molecule has 1 aliphatic heterocycles. The Hall–Kier alpha value is -2.50. The van der Waals surface area contributed by atoms with Gasteiger partial charge in [-0.15, -0.1) is 0 Å². The van der Waals surface area contributed by atoms with Gasteiger partial charge in [-0.1, -0.05) is 29.3 Å². The largest absolute Gasteiger partial charge is 0.369 e. The lowest BCUT2D eigenvalue weighted by Gasteiger charge is -2.29. The summed E-state index contributed by atoms with van der Waals surface area (Å²) < 4.78 is 2.01. The Morgan fingerprint density at radius 3 is 2.37 bits per heavy atom. The molecule has 30 heavy (non-hydrogen) atoms. The summed E-state index contributed by atoms with van der Waals surface area (Å²) in [6, 6.07) is 13.9. The average molecular weight is 443 g/mol. The van der Waals surface area contributed by atoms with Crippen molar-refractivity contribution in [3.8, 4) is 5.69 Å². The van der Waals surface area contributed by atoms with E-state index >= 15 is 0 Å². The number of aryl methyl sites for hydroxylation is 1. The highest BCUT2D eigenvalue weighted by molar-refractivity contribution is 6.42. The summed E-state index contributed by atoms with van der Waals surface area (Å²) in [7, 11) is 0. The first-order valence-electron chi connectivity index (χ1n) is 10.0. The van der Waals surface area contributed by atoms with Crippen LogP contribution in [0.25, 0.3) is 5.69 Å². The molecule has 0 spiro atoms. The summed E-state index contributed by atoms with van der Waals surface area (Å²) >= 11 is 12.2. The molecule has 1 atom stereocenters. The van der Waals surface area contributed by atoms with Crippen LogP contribution in [0.5, 0.6) is 0 Å². The molecule has 0 bridgehead atoms. The summed E-state index contributed by atoms with van der Waals surface area (Å²) in [5, 5.41) is 1.04. The summed E-state index contributed by atoms with van der Waals surface area (Å²) in [6.45, 7) is 6.15. The van der Waals surface area contributed by atoms with Gasteiger partial charge in [0.15, 0.2) is 0 Å². The molecule has 1 unspecified atom stereocenters. The van der Waals surface area contributed by atoms with E-state index in [1.165, 1.54) is 0 Å². The number of imidazole rings is 1. The van der Waals surface area contributed by atoms with Crippen molar-refractivity contribution in [1.82, 2.24) is 14.5 Å². The first-order valence-corrected chi connectivity index (χ1v) is 10.8. The number of carbonyl (C=O) groups is 1. The van der Waals surface area contributed by atoms with Crippen molar-refractivity contribution in [2.45, 2.75) is 26.3 Å². The van der Waals surface area contributed by atoms with Crippen LogP contribution in [-0.4, -0.2) is 40.0 Å². The number of anilines is 1. The Kier molecular flexibility index (Phi) is 6.02. The van der Waals surface area contributed by atoms with E-state index in [1.54, 1.807) is 6.07 Å². The van der Waals surface area contributed by atoms with Gasteiger partial charge in [0.25, 0.3) is 0 Å². The molecule has 2 heterocycles. The molecule has 1 amide bonds. The highest BCUT2D eigenvalue weighted by Crippen LogP contribution is 2.29. The SMILES string of the molecule is Cc1cn(-c2ccc(N3CCC(=O)N(C(C)c4ccc(Cl)c(Cl)c4)CC3)cc2)cn1. The van der Waals surface area contributed by atoms with Gasteiger partial charge in [0, 0.05) is 43.6 Å². The molecule has 1 saturated heterocycles. The number of halogens is 2. The standard InChI is InChI=1S/C23H24Cl2N4O/c1-16-14-28(15-26-16)20-6-4-19(5-7-20)27-10-9-23(30)29(12-11-27)17(2)18-3-8-21(24)22(25)13-18/h3-8,13-15,17H,9-12H2,1-2H3. The maximum atomic E-state index is 12.8. The van der Waals surface area contributed by atoms with Crippen molar-refractivity contribution in [3.63, 3.8) is 0 Å². The Morgan fingerprint density at radius 1 is 0.967 bits per heavy atom. The van der Waals surface area contributed by atoms with E-state index in [0.29, 0.717) is 29.6 Å². The highest BCUT2D eigenvalue weighted by atomic mass is 35.5. The van der Waals surface area contributed by atoms with Crippen LogP contribution in [0, 0.1) is 6.92 Å². The predicted molar refractivity (Wildman–Crippen MR) is 122 cm³/mol. The normalized spacial score (nSPS) is 15.9. The average Bonchev–Trinajstić information content (AvgIpc) is 3.08. The van der Waals surface area contributed by atoms with Crippen LogP contribution in [0.15, 0.2) is 55.0 Å². The second-order valence-corrected chi connectivity index (χ2v) is 8.43. The van der Waals surface area contributed by atoms with E-state index in [-0.39, 0.29) is 11.9 Å². The third-order valence-electron chi connectivity index (χ3n) is 5.65. The number of hydrogen-bond donors (Lipinski definition) is 0. The molecule has 3 aromatic rings. The molecular weight excluding hydrogens is 419 g/mol. The van der Waals surface area contributed by atoms with E-state index in [4.69, 9.17) is 23.2 Å². The molecule has 0 radical (unpaired) electrons. The number of amides is 1. The van der Waals surface area contributed by atoms with Gasteiger partial charge < -0.3 is 14.4 Å². The lowest BCUT2D eigenvalue weighted by molar-refractivity contribution is -0.132. The molecular formula is C23H24Cl2N4O. The third kappa shape index (κ3) is 4.32. The predicted octanol–water partition coefficient (Wildman–Crippen LogP) is 5.29. The quantitative estimate of drug-likeness (QED) is 0.551. The first-order chi connectivity index (χ1) is 14.4. The molecule has 1 aliphatic rings. The maximum Gasteiger partial charge on any atom is 0.224 e. The first kappa shape index (κ1) is 20.8. The van der Waals surface area contributed by atoms with E-state index < -0.39 is 0 Å². The molecule has 0 saturated carbocycles. The fourth-order valence-electron chi connectivity index (χ4n) is 3.86. The molecule has 7 heteroatoms. The zero-order valence-electron chi connectivity index (χ0n) is 17.1. The fourth-order valence-corrected chi connectivity index (χ4v) is 4.16. The molecule has 1 aromatic heterocycles. The number of aromatic nitrogens is 2. The maximum absolute atomic E-state index is 12.8. The summed E-state index contributed by atoms with van der Waals surface area (Å²) in [5.74, 6) is 0.154. The Bertz CT molecular complexity index is 1050. The number of hydrogen-bond acceptors (Lipinski definition) is 3. The van der Waals surface area contributed by atoms with Gasteiger partial charge >= 0.3 is 0 Å². The van der Waals surface area contributed by atoms with Gasteiger partial charge in [-0.2, -0.15) is 0 Å². The van der Waals surface area contributed by atoms with Gasteiger partial charge in [-0.05, 0) is 55.8 Å². The fraction of sp³-hybridized carbons (Fsp3) is 0.304. The third-order valence-corrected chi connectivity index (χ3v) is 6.38. The van der Waals surface area contributed by atoms with Crippen LogP contribution in [0.3, 0.4) is 0 Å². The van der Waals surface area contributed by atoms with E-state index in [1.807, 2.05) is 48.0 Å². The number of nitrogens with zero attached hydrogens (tertiary/aromatic N) is 4. The van der Waals surface area contributed by atoms with Gasteiger partial charge in [-0.3, -0.25) is 4.79 Å². The number of carbonyl (C=O) groups excluding carboxylic acids is 1. The summed E-state index contributed by atoms with van der Waals surface area (Å²) in [6.07, 6.45) is 4.30. The molecule has 4 rings (SSSR count). The zero-order valence-corrected chi connectivity index (χ0v) is 18.6. The topological polar surface area (TPSA) is 41.4 Å².